The highest BCUT2D eigenvalue weighted by atomic mass is 16.6. The minimum absolute atomic E-state index is 0.0715. The molecule has 2 aromatic rings. The minimum atomic E-state index is -0.491. The number of aromatic nitrogens is 2. The van der Waals surface area contributed by atoms with E-state index in [-0.39, 0.29) is 11.7 Å². The number of nitrogens with one attached hydrogen (secondary N) is 1. The third-order valence-electron chi connectivity index (χ3n) is 4.17. The van der Waals surface area contributed by atoms with E-state index in [1.165, 1.54) is 12.1 Å². The summed E-state index contributed by atoms with van der Waals surface area (Å²) in [6, 6.07) is 6.55. The highest BCUT2D eigenvalue weighted by Gasteiger charge is 2.22. The third kappa shape index (κ3) is 3.30. The SMILES string of the molecule is Cn1cc(N2CCCC(Nc3ccc([N+](=O)[O-])cc3C#N)C2)cn1. The molecule has 24 heavy (non-hydrogen) atoms. The second kappa shape index (κ2) is 6.58. The van der Waals surface area contributed by atoms with E-state index in [2.05, 4.69) is 15.3 Å². The zero-order valence-electron chi connectivity index (χ0n) is 13.3. The molecule has 0 amide bonds. The molecule has 1 N–H and O–H groups in total. The first-order valence-electron chi connectivity index (χ1n) is 7.75. The molecular weight excluding hydrogens is 308 g/mol. The van der Waals surface area contributed by atoms with Crippen molar-refractivity contribution in [1.82, 2.24) is 9.78 Å². The van der Waals surface area contributed by atoms with Crippen LogP contribution in [0, 0.1) is 21.4 Å². The number of benzene rings is 1. The van der Waals surface area contributed by atoms with Crippen LogP contribution in [-0.4, -0.2) is 33.8 Å². The van der Waals surface area contributed by atoms with Gasteiger partial charge in [0.1, 0.15) is 6.07 Å². The van der Waals surface area contributed by atoms with E-state index in [9.17, 15) is 15.4 Å². The molecule has 124 valence electrons. The molecule has 1 aliphatic rings. The van der Waals surface area contributed by atoms with E-state index >= 15 is 0 Å². The van der Waals surface area contributed by atoms with Gasteiger partial charge in [-0.2, -0.15) is 10.4 Å². The Morgan fingerprint density at radius 1 is 1.50 bits per heavy atom. The molecule has 2 heterocycles. The minimum Gasteiger partial charge on any atom is -0.379 e. The molecule has 0 aliphatic carbocycles. The number of anilines is 2. The van der Waals surface area contributed by atoms with Crippen LogP contribution >= 0.6 is 0 Å². The molecule has 0 saturated carbocycles. The number of nitriles is 1. The van der Waals surface area contributed by atoms with Crippen molar-refractivity contribution in [3.8, 4) is 6.07 Å². The summed E-state index contributed by atoms with van der Waals surface area (Å²) in [7, 11) is 1.89. The smallest absolute Gasteiger partial charge is 0.270 e. The Kier molecular flexibility index (Phi) is 4.33. The Morgan fingerprint density at radius 2 is 2.33 bits per heavy atom. The van der Waals surface area contributed by atoms with Crippen LogP contribution in [0.15, 0.2) is 30.6 Å². The zero-order valence-corrected chi connectivity index (χ0v) is 13.3. The Labute approximate surface area is 139 Å². The zero-order chi connectivity index (χ0) is 17.1. The van der Waals surface area contributed by atoms with Gasteiger partial charge in [0.2, 0.25) is 0 Å². The van der Waals surface area contributed by atoms with Crippen molar-refractivity contribution in [1.29, 1.82) is 5.26 Å². The lowest BCUT2D eigenvalue weighted by molar-refractivity contribution is -0.384. The van der Waals surface area contributed by atoms with E-state index in [1.807, 2.05) is 25.5 Å². The summed E-state index contributed by atoms with van der Waals surface area (Å²) in [5.74, 6) is 0. The largest absolute Gasteiger partial charge is 0.379 e. The van der Waals surface area contributed by atoms with E-state index in [1.54, 1.807) is 10.7 Å². The van der Waals surface area contributed by atoms with Crippen molar-refractivity contribution in [3.05, 3.63) is 46.3 Å². The fraction of sp³-hybridized carbons (Fsp3) is 0.375. The summed E-state index contributed by atoms with van der Waals surface area (Å²) in [6.07, 6.45) is 5.84. The summed E-state index contributed by atoms with van der Waals surface area (Å²) in [5, 5.41) is 27.6. The van der Waals surface area contributed by atoms with Crippen LogP contribution in [0.4, 0.5) is 17.1 Å². The molecular formula is C16H18N6O2. The first kappa shape index (κ1) is 15.8. The number of hydrogen-bond acceptors (Lipinski definition) is 6. The monoisotopic (exact) mass is 326 g/mol. The van der Waals surface area contributed by atoms with Gasteiger partial charge in [-0.05, 0) is 18.9 Å². The number of piperidine rings is 1. The van der Waals surface area contributed by atoms with Gasteiger partial charge in [-0.1, -0.05) is 0 Å². The standard InChI is InChI=1S/C16H18N6O2/c1-20-11-15(9-18-20)21-6-2-3-13(10-21)19-16-5-4-14(22(23)24)7-12(16)8-17/h4-5,7,9,11,13,19H,2-3,6,10H2,1H3. The lowest BCUT2D eigenvalue weighted by Crippen LogP contribution is -2.42. The molecule has 0 spiro atoms. The van der Waals surface area contributed by atoms with Gasteiger partial charge >= 0.3 is 0 Å². The highest BCUT2D eigenvalue weighted by Crippen LogP contribution is 2.25. The lowest BCUT2D eigenvalue weighted by atomic mass is 10.0. The second-order valence-corrected chi connectivity index (χ2v) is 5.90. The highest BCUT2D eigenvalue weighted by molar-refractivity contribution is 5.62. The van der Waals surface area contributed by atoms with Gasteiger partial charge in [-0.25, -0.2) is 0 Å². The summed E-state index contributed by atoms with van der Waals surface area (Å²) in [6.45, 7) is 1.77. The predicted octanol–water partition coefficient (Wildman–Crippen LogP) is 2.28. The van der Waals surface area contributed by atoms with Crippen molar-refractivity contribution in [2.24, 2.45) is 7.05 Å². The van der Waals surface area contributed by atoms with Crippen LogP contribution in [0.1, 0.15) is 18.4 Å². The molecule has 1 atom stereocenters. The summed E-state index contributed by atoms with van der Waals surface area (Å²) in [4.78, 5) is 12.6. The Balaban J connectivity index is 1.74. The molecule has 1 saturated heterocycles. The number of non-ortho nitro benzene ring substituents is 1. The summed E-state index contributed by atoms with van der Waals surface area (Å²) < 4.78 is 1.77. The van der Waals surface area contributed by atoms with Crippen LogP contribution in [-0.2, 0) is 7.05 Å². The number of nitro benzene ring substituents is 1. The Hall–Kier alpha value is -3.08. The molecule has 1 aromatic carbocycles. The number of hydrogen-bond donors (Lipinski definition) is 1. The number of aryl methyl sites for hydroxylation is 1. The summed E-state index contributed by atoms with van der Waals surface area (Å²) in [5.41, 5.74) is 1.94. The Morgan fingerprint density at radius 3 is 3.00 bits per heavy atom. The fourth-order valence-corrected chi connectivity index (χ4v) is 2.99. The second-order valence-electron chi connectivity index (χ2n) is 5.90. The van der Waals surface area contributed by atoms with E-state index in [4.69, 9.17) is 0 Å². The van der Waals surface area contributed by atoms with Crippen molar-refractivity contribution in [2.75, 3.05) is 23.3 Å². The number of nitrogens with zero attached hydrogens (tertiary/aromatic N) is 5. The normalized spacial score (nSPS) is 17.3. The predicted molar refractivity (Wildman–Crippen MR) is 89.9 cm³/mol. The first-order valence-corrected chi connectivity index (χ1v) is 7.75. The van der Waals surface area contributed by atoms with Gasteiger partial charge in [0, 0.05) is 44.5 Å². The molecule has 0 bridgehead atoms. The van der Waals surface area contributed by atoms with Crippen molar-refractivity contribution in [3.63, 3.8) is 0 Å². The van der Waals surface area contributed by atoms with Crippen molar-refractivity contribution in [2.45, 2.75) is 18.9 Å². The molecule has 1 aliphatic heterocycles. The maximum Gasteiger partial charge on any atom is 0.270 e. The molecule has 8 nitrogen and oxygen atoms in total. The molecule has 8 heteroatoms. The van der Waals surface area contributed by atoms with Crippen LogP contribution < -0.4 is 10.2 Å². The van der Waals surface area contributed by atoms with Crippen LogP contribution in [0.5, 0.6) is 0 Å². The van der Waals surface area contributed by atoms with E-state index in [0.717, 1.165) is 31.6 Å². The Bertz CT molecular complexity index is 794. The van der Waals surface area contributed by atoms with Crippen molar-refractivity contribution >= 4 is 17.1 Å². The van der Waals surface area contributed by atoms with E-state index in [0.29, 0.717) is 11.3 Å². The molecule has 3 rings (SSSR count). The molecule has 1 fully saturated rings. The molecule has 1 unspecified atom stereocenters. The van der Waals surface area contributed by atoms with Crippen molar-refractivity contribution < 1.29 is 4.92 Å². The maximum atomic E-state index is 10.8. The molecule has 0 radical (unpaired) electrons. The number of nitro groups is 1. The van der Waals surface area contributed by atoms with Gasteiger partial charge in [-0.15, -0.1) is 0 Å². The third-order valence-corrected chi connectivity index (χ3v) is 4.17. The van der Waals surface area contributed by atoms with Crippen LogP contribution in [0.2, 0.25) is 0 Å². The lowest BCUT2D eigenvalue weighted by Gasteiger charge is -2.34. The van der Waals surface area contributed by atoms with Gasteiger partial charge in [0.15, 0.2) is 0 Å². The van der Waals surface area contributed by atoms with Gasteiger partial charge < -0.3 is 10.2 Å². The van der Waals surface area contributed by atoms with Crippen LogP contribution in [0.3, 0.4) is 0 Å². The summed E-state index contributed by atoms with van der Waals surface area (Å²) >= 11 is 0. The maximum absolute atomic E-state index is 10.8. The average molecular weight is 326 g/mol. The van der Waals surface area contributed by atoms with Gasteiger partial charge in [-0.3, -0.25) is 14.8 Å². The first-order chi connectivity index (χ1) is 11.6. The quantitative estimate of drug-likeness (QED) is 0.683. The van der Waals surface area contributed by atoms with Crippen LogP contribution in [0.25, 0.3) is 0 Å². The molecule has 1 aromatic heterocycles. The van der Waals surface area contributed by atoms with E-state index < -0.39 is 4.92 Å². The number of rotatable bonds is 4. The van der Waals surface area contributed by atoms with Gasteiger partial charge in [0.05, 0.1) is 28.1 Å². The fourth-order valence-electron chi connectivity index (χ4n) is 2.99. The topological polar surface area (TPSA) is 100 Å². The van der Waals surface area contributed by atoms with Gasteiger partial charge in [0.25, 0.3) is 5.69 Å². The average Bonchev–Trinajstić information content (AvgIpc) is 3.02.